The zero-order chi connectivity index (χ0) is 20.3. The van der Waals surface area contributed by atoms with E-state index in [1.165, 1.54) is 4.90 Å². The summed E-state index contributed by atoms with van der Waals surface area (Å²) >= 11 is 3.51. The van der Waals surface area contributed by atoms with Gasteiger partial charge in [-0.2, -0.15) is 0 Å². The molecule has 1 aromatic carbocycles. The molecule has 4 rings (SSSR count). The second-order valence-corrected chi connectivity index (χ2v) is 10.5. The van der Waals surface area contributed by atoms with Gasteiger partial charge in [-0.25, -0.2) is 4.79 Å². The van der Waals surface area contributed by atoms with E-state index in [0.29, 0.717) is 13.0 Å². The van der Waals surface area contributed by atoms with Crippen LogP contribution in [-0.4, -0.2) is 50.3 Å². The van der Waals surface area contributed by atoms with Crippen LogP contribution < -0.4 is 0 Å². The molecule has 3 heterocycles. The molecule has 7 heteroatoms. The number of amides is 1. The number of piperidine rings is 1. The molecule has 2 aliphatic heterocycles. The van der Waals surface area contributed by atoms with Crippen LogP contribution in [0.1, 0.15) is 36.6 Å². The molecule has 0 bridgehead atoms. The summed E-state index contributed by atoms with van der Waals surface area (Å²) in [5.41, 5.74) is 1.90. The average Bonchev–Trinajstić information content (AvgIpc) is 2.80. The van der Waals surface area contributed by atoms with Crippen molar-refractivity contribution >= 4 is 29.6 Å². The number of hydrogen-bond acceptors (Lipinski definition) is 5. The number of benzene rings is 1. The Hall–Kier alpha value is -1.70. The van der Waals surface area contributed by atoms with Crippen molar-refractivity contribution in [1.82, 2.24) is 9.88 Å². The second-order valence-electron chi connectivity index (χ2n) is 7.58. The van der Waals surface area contributed by atoms with Crippen molar-refractivity contribution in [2.45, 2.75) is 35.5 Å². The van der Waals surface area contributed by atoms with Crippen molar-refractivity contribution in [3.63, 3.8) is 0 Å². The van der Waals surface area contributed by atoms with Gasteiger partial charge in [0.1, 0.15) is 4.08 Å². The molecule has 0 radical (unpaired) electrons. The molecule has 0 saturated carbocycles. The first-order valence-electron chi connectivity index (χ1n) is 10.0. The summed E-state index contributed by atoms with van der Waals surface area (Å²) in [7, 11) is 0. The lowest BCUT2D eigenvalue weighted by atomic mass is 9.84. The Morgan fingerprint density at radius 2 is 1.83 bits per heavy atom. The Bertz CT molecular complexity index is 815. The van der Waals surface area contributed by atoms with E-state index in [1.54, 1.807) is 29.7 Å². The summed E-state index contributed by atoms with van der Waals surface area (Å²) in [5, 5.41) is 21.4. The van der Waals surface area contributed by atoms with Crippen LogP contribution in [0.2, 0.25) is 0 Å². The molecular weight excluding hydrogens is 404 g/mol. The summed E-state index contributed by atoms with van der Waals surface area (Å²) < 4.78 is -0.534. The molecular formula is C22H26N2O3S2. The Morgan fingerprint density at radius 1 is 1.10 bits per heavy atom. The fourth-order valence-corrected chi connectivity index (χ4v) is 7.85. The van der Waals surface area contributed by atoms with Crippen molar-refractivity contribution in [2.24, 2.45) is 5.92 Å². The van der Waals surface area contributed by atoms with Gasteiger partial charge in [0.05, 0.1) is 17.8 Å². The highest BCUT2D eigenvalue weighted by Crippen LogP contribution is 2.54. The number of hydrogen-bond donors (Lipinski definition) is 2. The molecule has 1 amide bonds. The lowest BCUT2D eigenvalue weighted by Crippen LogP contribution is -2.50. The lowest BCUT2D eigenvalue weighted by molar-refractivity contribution is 0.0219. The van der Waals surface area contributed by atoms with Gasteiger partial charge < -0.3 is 15.1 Å². The fourth-order valence-electron chi connectivity index (χ4n) is 4.39. The van der Waals surface area contributed by atoms with E-state index in [-0.39, 0.29) is 12.0 Å². The molecule has 1 aromatic heterocycles. The SMILES string of the molecule is O=C(O)N1CC(C(O)C2(c3ccccn3)SCCCS2)CCC1c1ccccc1. The van der Waals surface area contributed by atoms with Crippen LogP contribution in [-0.2, 0) is 4.08 Å². The van der Waals surface area contributed by atoms with Crippen LogP contribution in [0.5, 0.6) is 0 Å². The summed E-state index contributed by atoms with van der Waals surface area (Å²) in [6.45, 7) is 0.339. The molecule has 3 atom stereocenters. The average molecular weight is 431 g/mol. The standard InChI is InChI=1S/C22H26N2O3S2/c25-20(22(28-13-6-14-29-22)19-9-4-5-12-23-19)17-10-11-18(24(15-17)21(26)27)16-7-2-1-3-8-16/h1-5,7-9,12,17-18,20,25H,6,10-11,13-15H2,(H,26,27). The first-order valence-corrected chi connectivity index (χ1v) is 12.0. The molecule has 2 saturated heterocycles. The molecule has 29 heavy (non-hydrogen) atoms. The van der Waals surface area contributed by atoms with Gasteiger partial charge >= 0.3 is 6.09 Å². The number of aliphatic hydroxyl groups excluding tert-OH is 1. The number of aliphatic hydroxyl groups is 1. The van der Waals surface area contributed by atoms with Gasteiger partial charge in [-0.3, -0.25) is 4.98 Å². The number of carboxylic acid groups (broad SMARTS) is 1. The lowest BCUT2D eigenvalue weighted by Gasteiger charge is -2.46. The van der Waals surface area contributed by atoms with Gasteiger partial charge in [0.2, 0.25) is 0 Å². The fraction of sp³-hybridized carbons (Fsp3) is 0.455. The van der Waals surface area contributed by atoms with E-state index in [0.717, 1.165) is 35.6 Å². The predicted molar refractivity (Wildman–Crippen MR) is 118 cm³/mol. The topological polar surface area (TPSA) is 73.7 Å². The number of aromatic nitrogens is 1. The number of likely N-dealkylation sites (tertiary alicyclic amines) is 1. The Balaban J connectivity index is 1.60. The molecule has 2 aliphatic rings. The number of pyridine rings is 1. The van der Waals surface area contributed by atoms with Crippen molar-refractivity contribution in [3.05, 3.63) is 66.0 Å². The van der Waals surface area contributed by atoms with E-state index in [1.807, 2.05) is 48.5 Å². The quantitative estimate of drug-likeness (QED) is 0.739. The zero-order valence-electron chi connectivity index (χ0n) is 16.2. The summed E-state index contributed by atoms with van der Waals surface area (Å²) in [4.78, 5) is 18.1. The van der Waals surface area contributed by atoms with Crippen LogP contribution in [0.3, 0.4) is 0 Å². The maximum Gasteiger partial charge on any atom is 0.407 e. The van der Waals surface area contributed by atoms with E-state index >= 15 is 0 Å². The van der Waals surface area contributed by atoms with E-state index < -0.39 is 16.3 Å². The normalized spacial score (nSPS) is 25.3. The van der Waals surface area contributed by atoms with Crippen molar-refractivity contribution in [1.29, 1.82) is 0 Å². The van der Waals surface area contributed by atoms with Crippen molar-refractivity contribution in [3.8, 4) is 0 Å². The van der Waals surface area contributed by atoms with E-state index in [2.05, 4.69) is 4.98 Å². The largest absolute Gasteiger partial charge is 0.465 e. The van der Waals surface area contributed by atoms with Gasteiger partial charge in [-0.15, -0.1) is 23.5 Å². The van der Waals surface area contributed by atoms with Crippen LogP contribution in [0.25, 0.3) is 0 Å². The maximum absolute atomic E-state index is 12.1. The number of rotatable bonds is 4. The van der Waals surface area contributed by atoms with Crippen LogP contribution in [0.4, 0.5) is 4.79 Å². The first kappa shape index (κ1) is 20.6. The van der Waals surface area contributed by atoms with Crippen LogP contribution >= 0.6 is 23.5 Å². The van der Waals surface area contributed by atoms with Crippen molar-refractivity contribution in [2.75, 3.05) is 18.1 Å². The predicted octanol–water partition coefficient (Wildman–Crippen LogP) is 4.60. The smallest absolute Gasteiger partial charge is 0.407 e. The highest BCUT2D eigenvalue weighted by molar-refractivity contribution is 8.18. The Labute approximate surface area is 179 Å². The molecule has 154 valence electrons. The highest BCUT2D eigenvalue weighted by Gasteiger charge is 2.49. The van der Waals surface area contributed by atoms with Crippen LogP contribution in [0, 0.1) is 5.92 Å². The monoisotopic (exact) mass is 430 g/mol. The summed E-state index contributed by atoms with van der Waals surface area (Å²) in [6, 6.07) is 15.5. The number of carbonyl (C=O) groups is 1. The third kappa shape index (κ3) is 4.13. The molecule has 0 spiro atoms. The van der Waals surface area contributed by atoms with Crippen molar-refractivity contribution < 1.29 is 15.0 Å². The third-order valence-electron chi connectivity index (χ3n) is 5.83. The molecule has 3 unspecified atom stereocenters. The zero-order valence-corrected chi connectivity index (χ0v) is 17.8. The molecule has 2 fully saturated rings. The summed E-state index contributed by atoms with van der Waals surface area (Å²) in [6.07, 6.45) is 2.80. The minimum Gasteiger partial charge on any atom is -0.465 e. The third-order valence-corrected chi connectivity index (χ3v) is 9.28. The Morgan fingerprint density at radius 3 is 2.48 bits per heavy atom. The first-order chi connectivity index (χ1) is 14.1. The summed E-state index contributed by atoms with van der Waals surface area (Å²) in [5.74, 6) is 1.83. The minimum absolute atomic E-state index is 0.119. The van der Waals surface area contributed by atoms with Gasteiger partial charge in [0.25, 0.3) is 0 Å². The van der Waals surface area contributed by atoms with Gasteiger partial charge in [-0.1, -0.05) is 36.4 Å². The Kier molecular flexibility index (Phi) is 6.37. The van der Waals surface area contributed by atoms with Gasteiger partial charge in [0, 0.05) is 18.7 Å². The van der Waals surface area contributed by atoms with Gasteiger partial charge in [-0.05, 0) is 48.5 Å². The molecule has 2 N–H and O–H groups in total. The van der Waals surface area contributed by atoms with E-state index in [4.69, 9.17) is 0 Å². The number of nitrogens with zero attached hydrogens (tertiary/aromatic N) is 2. The second kappa shape index (κ2) is 8.98. The van der Waals surface area contributed by atoms with Crippen LogP contribution in [0.15, 0.2) is 54.7 Å². The van der Waals surface area contributed by atoms with E-state index in [9.17, 15) is 15.0 Å². The highest BCUT2D eigenvalue weighted by atomic mass is 32.2. The molecule has 0 aliphatic carbocycles. The number of thioether (sulfide) groups is 2. The molecule has 2 aromatic rings. The minimum atomic E-state index is -0.924. The maximum atomic E-state index is 12.1. The molecule has 5 nitrogen and oxygen atoms in total. The van der Waals surface area contributed by atoms with Gasteiger partial charge in [0.15, 0.2) is 0 Å².